The molecule has 1 N–H and O–H groups in total. The molecule has 22 heavy (non-hydrogen) atoms. The number of benzene rings is 1. The van der Waals surface area contributed by atoms with Gasteiger partial charge in [-0.3, -0.25) is 4.79 Å². The second kappa shape index (κ2) is 6.41. The first-order valence-corrected chi connectivity index (χ1v) is 7.49. The molecule has 1 aromatic carbocycles. The van der Waals surface area contributed by atoms with E-state index in [-0.39, 0.29) is 12.5 Å². The molecular formula is C14H16ClN5O2. The van der Waals surface area contributed by atoms with Crippen LogP contribution in [0.1, 0.15) is 12.8 Å². The molecule has 1 aliphatic rings. The van der Waals surface area contributed by atoms with Gasteiger partial charge in [-0.15, -0.1) is 10.2 Å². The summed E-state index contributed by atoms with van der Waals surface area (Å²) in [5.74, 6) is 0.335. The molecule has 0 bridgehead atoms. The van der Waals surface area contributed by atoms with Crippen molar-refractivity contribution in [1.82, 2.24) is 25.1 Å². The molecule has 1 unspecified atom stereocenters. The summed E-state index contributed by atoms with van der Waals surface area (Å²) in [5, 5.41) is 22.3. The third-order valence-corrected chi connectivity index (χ3v) is 3.83. The third-order valence-electron chi connectivity index (χ3n) is 3.58. The van der Waals surface area contributed by atoms with Crippen LogP contribution in [0.3, 0.4) is 0 Å². The van der Waals surface area contributed by atoms with Crippen molar-refractivity contribution in [2.24, 2.45) is 0 Å². The summed E-state index contributed by atoms with van der Waals surface area (Å²) in [4.78, 5) is 15.1. The van der Waals surface area contributed by atoms with Gasteiger partial charge in [0.05, 0.1) is 6.10 Å². The first-order chi connectivity index (χ1) is 10.6. The van der Waals surface area contributed by atoms with E-state index in [0.29, 0.717) is 23.9 Å². The Morgan fingerprint density at radius 1 is 1.36 bits per heavy atom. The highest BCUT2D eigenvalue weighted by molar-refractivity contribution is 6.30. The van der Waals surface area contributed by atoms with E-state index in [2.05, 4.69) is 15.4 Å². The normalized spacial score (nSPS) is 18.5. The minimum atomic E-state index is -0.439. The number of tetrazole rings is 1. The lowest BCUT2D eigenvalue weighted by Gasteiger charge is -2.29. The van der Waals surface area contributed by atoms with Crippen LogP contribution < -0.4 is 0 Å². The average molecular weight is 322 g/mol. The van der Waals surface area contributed by atoms with Crippen molar-refractivity contribution in [3.8, 4) is 11.4 Å². The largest absolute Gasteiger partial charge is 0.391 e. The quantitative estimate of drug-likeness (QED) is 0.911. The molecule has 7 nitrogen and oxygen atoms in total. The molecule has 2 heterocycles. The number of carbonyl (C=O) groups excluding carboxylic acids is 1. The van der Waals surface area contributed by atoms with Crippen LogP contribution in [0.15, 0.2) is 24.3 Å². The van der Waals surface area contributed by atoms with Crippen LogP contribution in [0.5, 0.6) is 0 Å². The summed E-state index contributed by atoms with van der Waals surface area (Å²) in [6.45, 7) is 1.06. The van der Waals surface area contributed by atoms with Gasteiger partial charge < -0.3 is 10.0 Å². The summed E-state index contributed by atoms with van der Waals surface area (Å²) < 4.78 is 0. The lowest BCUT2D eigenvalue weighted by atomic mass is 10.1. The third kappa shape index (κ3) is 3.42. The maximum atomic E-state index is 12.2. The summed E-state index contributed by atoms with van der Waals surface area (Å²) in [5.41, 5.74) is 0.788. The monoisotopic (exact) mass is 321 g/mol. The molecule has 1 atom stereocenters. The van der Waals surface area contributed by atoms with Crippen molar-refractivity contribution in [1.29, 1.82) is 0 Å². The zero-order chi connectivity index (χ0) is 15.5. The number of hydrogen-bond donors (Lipinski definition) is 1. The van der Waals surface area contributed by atoms with Gasteiger partial charge >= 0.3 is 0 Å². The van der Waals surface area contributed by atoms with Gasteiger partial charge in [-0.25, -0.2) is 0 Å². The summed E-state index contributed by atoms with van der Waals surface area (Å²) in [6, 6.07) is 7.09. The van der Waals surface area contributed by atoms with Crippen molar-refractivity contribution in [2.75, 3.05) is 13.1 Å². The lowest BCUT2D eigenvalue weighted by Crippen LogP contribution is -2.43. The second-order valence-corrected chi connectivity index (χ2v) is 5.72. The Balaban J connectivity index is 1.66. The number of likely N-dealkylation sites (tertiary alicyclic amines) is 1. The fourth-order valence-electron chi connectivity index (χ4n) is 2.43. The van der Waals surface area contributed by atoms with Gasteiger partial charge in [0.1, 0.15) is 6.54 Å². The minimum absolute atomic E-state index is 0.0211. The van der Waals surface area contributed by atoms with Crippen LogP contribution in [0.25, 0.3) is 11.4 Å². The Labute approximate surface area is 132 Å². The molecule has 3 rings (SSSR count). The molecule has 2 aromatic rings. The summed E-state index contributed by atoms with van der Waals surface area (Å²) in [6.07, 6.45) is 1.12. The SMILES string of the molecule is O=C(Cn1nnc(-c2ccc(Cl)cc2)n1)N1CCCC(O)C1. The van der Waals surface area contributed by atoms with E-state index in [9.17, 15) is 9.90 Å². The van der Waals surface area contributed by atoms with Gasteiger partial charge in [-0.05, 0) is 42.3 Å². The number of aliphatic hydroxyl groups is 1. The van der Waals surface area contributed by atoms with Crippen LogP contribution in [0.2, 0.25) is 5.02 Å². The number of carbonyl (C=O) groups is 1. The number of β-amino-alcohol motifs (C(OH)–C–C–N with tert-alkyl or cyclic N) is 1. The molecular weight excluding hydrogens is 306 g/mol. The fourth-order valence-corrected chi connectivity index (χ4v) is 2.55. The molecule has 0 spiro atoms. The lowest BCUT2D eigenvalue weighted by molar-refractivity contribution is -0.135. The molecule has 1 saturated heterocycles. The Morgan fingerprint density at radius 2 is 2.14 bits per heavy atom. The number of amides is 1. The van der Waals surface area contributed by atoms with Crippen LogP contribution in [-0.2, 0) is 11.3 Å². The van der Waals surface area contributed by atoms with Gasteiger partial charge in [0.15, 0.2) is 0 Å². The molecule has 116 valence electrons. The van der Waals surface area contributed by atoms with Gasteiger partial charge in [0, 0.05) is 23.7 Å². The first-order valence-electron chi connectivity index (χ1n) is 7.11. The van der Waals surface area contributed by atoms with Crippen molar-refractivity contribution in [3.63, 3.8) is 0 Å². The van der Waals surface area contributed by atoms with Gasteiger partial charge in [0.25, 0.3) is 0 Å². The molecule has 1 aromatic heterocycles. The summed E-state index contributed by atoms with van der Waals surface area (Å²) >= 11 is 5.84. The number of aliphatic hydroxyl groups excluding tert-OH is 1. The van der Waals surface area contributed by atoms with Crippen LogP contribution in [-0.4, -0.2) is 55.3 Å². The maximum absolute atomic E-state index is 12.2. The number of aromatic nitrogens is 4. The first kappa shape index (κ1) is 14.9. The van der Waals surface area contributed by atoms with Gasteiger partial charge in [-0.1, -0.05) is 11.6 Å². The van der Waals surface area contributed by atoms with Crippen molar-refractivity contribution >= 4 is 17.5 Å². The molecule has 1 fully saturated rings. The topological polar surface area (TPSA) is 84.1 Å². The minimum Gasteiger partial charge on any atom is -0.391 e. The highest BCUT2D eigenvalue weighted by atomic mass is 35.5. The van der Waals surface area contributed by atoms with E-state index in [0.717, 1.165) is 18.4 Å². The molecule has 1 aliphatic heterocycles. The van der Waals surface area contributed by atoms with Crippen molar-refractivity contribution in [2.45, 2.75) is 25.5 Å². The number of nitrogens with zero attached hydrogens (tertiary/aromatic N) is 5. The molecule has 0 radical (unpaired) electrons. The Hall–Kier alpha value is -1.99. The zero-order valence-electron chi connectivity index (χ0n) is 11.9. The fraction of sp³-hybridized carbons (Fsp3) is 0.429. The van der Waals surface area contributed by atoms with Crippen LogP contribution >= 0.6 is 11.6 Å². The molecule has 0 saturated carbocycles. The van der Waals surface area contributed by atoms with E-state index in [1.165, 1.54) is 4.80 Å². The number of halogens is 1. The Bertz CT molecular complexity index is 658. The Morgan fingerprint density at radius 3 is 2.86 bits per heavy atom. The van der Waals surface area contributed by atoms with Crippen LogP contribution in [0.4, 0.5) is 0 Å². The average Bonchev–Trinajstić information content (AvgIpc) is 2.96. The zero-order valence-corrected chi connectivity index (χ0v) is 12.6. The summed E-state index contributed by atoms with van der Waals surface area (Å²) in [7, 11) is 0. The molecule has 0 aliphatic carbocycles. The van der Waals surface area contributed by atoms with E-state index < -0.39 is 6.10 Å². The van der Waals surface area contributed by atoms with E-state index in [4.69, 9.17) is 11.6 Å². The highest BCUT2D eigenvalue weighted by Gasteiger charge is 2.22. The predicted molar refractivity (Wildman–Crippen MR) is 80.1 cm³/mol. The predicted octanol–water partition coefficient (Wildman–Crippen LogP) is 0.977. The smallest absolute Gasteiger partial charge is 0.246 e. The van der Waals surface area contributed by atoms with Gasteiger partial charge in [0.2, 0.25) is 11.7 Å². The van der Waals surface area contributed by atoms with E-state index in [1.807, 2.05) is 0 Å². The number of rotatable bonds is 3. The van der Waals surface area contributed by atoms with Crippen molar-refractivity contribution < 1.29 is 9.90 Å². The van der Waals surface area contributed by atoms with Crippen LogP contribution in [0, 0.1) is 0 Å². The molecule has 1 amide bonds. The number of hydrogen-bond acceptors (Lipinski definition) is 5. The molecule has 8 heteroatoms. The van der Waals surface area contributed by atoms with Crippen molar-refractivity contribution in [3.05, 3.63) is 29.3 Å². The maximum Gasteiger partial charge on any atom is 0.246 e. The highest BCUT2D eigenvalue weighted by Crippen LogP contribution is 2.17. The Kier molecular flexibility index (Phi) is 4.35. The second-order valence-electron chi connectivity index (χ2n) is 5.29. The van der Waals surface area contributed by atoms with Gasteiger partial charge in [-0.2, -0.15) is 4.80 Å². The standard InChI is InChI=1S/C14H16ClN5O2/c15-11-5-3-10(4-6-11)14-16-18-20(17-14)9-13(22)19-7-1-2-12(21)8-19/h3-6,12,21H,1-2,7-9H2. The number of piperidine rings is 1. The van der Waals surface area contributed by atoms with E-state index in [1.54, 1.807) is 29.2 Å². The van der Waals surface area contributed by atoms with E-state index >= 15 is 0 Å².